The fourth-order valence-corrected chi connectivity index (χ4v) is 5.96. The lowest BCUT2D eigenvalue weighted by Gasteiger charge is -2.40. The summed E-state index contributed by atoms with van der Waals surface area (Å²) in [5, 5.41) is 0.567. The molecular weight excluding hydrogens is 436 g/mol. The summed E-state index contributed by atoms with van der Waals surface area (Å²) in [6, 6.07) is 12.5. The number of hydrogen-bond donors (Lipinski definition) is 0. The Morgan fingerprint density at radius 3 is 2.48 bits per heavy atom. The number of aryl methyl sites for hydroxylation is 1. The minimum Gasteiger partial charge on any atom is -0.444 e. The molecule has 1 saturated heterocycles. The number of ether oxygens (including phenoxy) is 1. The molecule has 2 aromatic rings. The number of nitrogens with zero attached hydrogens (tertiary/aromatic N) is 2. The van der Waals surface area contributed by atoms with Gasteiger partial charge in [0.1, 0.15) is 6.61 Å². The summed E-state index contributed by atoms with van der Waals surface area (Å²) in [7, 11) is -3.56. The van der Waals surface area contributed by atoms with Crippen LogP contribution in [0.3, 0.4) is 0 Å². The molecule has 0 radical (unpaired) electrons. The van der Waals surface area contributed by atoms with Gasteiger partial charge in [0, 0.05) is 29.7 Å². The maximum absolute atomic E-state index is 13.1. The van der Waals surface area contributed by atoms with Crippen LogP contribution in [-0.4, -0.2) is 37.9 Å². The highest BCUT2D eigenvalue weighted by Gasteiger charge is 2.37. The molecule has 6 nitrogen and oxygen atoms in total. The molecule has 2 aliphatic rings. The minimum atomic E-state index is -3.56. The Morgan fingerprint density at radius 1 is 1.10 bits per heavy atom. The third-order valence-electron chi connectivity index (χ3n) is 6.06. The summed E-state index contributed by atoms with van der Waals surface area (Å²) in [5.74, 6) is 0. The van der Waals surface area contributed by atoms with Gasteiger partial charge in [-0.25, -0.2) is 13.2 Å². The van der Waals surface area contributed by atoms with Gasteiger partial charge in [0.2, 0.25) is 10.0 Å². The van der Waals surface area contributed by atoms with Gasteiger partial charge in [-0.05, 0) is 55.5 Å². The monoisotopic (exact) mass is 462 g/mol. The van der Waals surface area contributed by atoms with Gasteiger partial charge in [-0.3, -0.25) is 4.90 Å². The van der Waals surface area contributed by atoms with Crippen LogP contribution >= 0.6 is 11.6 Å². The van der Waals surface area contributed by atoms with Crippen LogP contribution in [0.25, 0.3) is 0 Å². The normalized spacial score (nSPS) is 18.0. The van der Waals surface area contributed by atoms with Crippen LogP contribution in [-0.2, 0) is 27.8 Å². The molecule has 2 aliphatic heterocycles. The van der Waals surface area contributed by atoms with E-state index in [9.17, 15) is 13.2 Å². The van der Waals surface area contributed by atoms with Crippen molar-refractivity contribution >= 4 is 33.4 Å². The quantitative estimate of drug-likeness (QED) is 0.606. The summed E-state index contributed by atoms with van der Waals surface area (Å²) >= 11 is 6.28. The van der Waals surface area contributed by atoms with Crippen LogP contribution in [0.1, 0.15) is 43.7 Å². The Labute approximate surface area is 188 Å². The standard InChI is InChI=1S/C23H27ClN2O4S/c1-2-3-5-17-8-10-19(11-9-17)31(28,29)25-14-12-18(13-15-25)26-22-7-4-6-21(24)20(22)16-30-23(26)27/h4,6-11,18H,2-3,5,12-16H2,1H3. The average molecular weight is 463 g/mol. The average Bonchev–Trinajstić information content (AvgIpc) is 2.78. The molecule has 2 heterocycles. The number of rotatable bonds is 6. The number of hydrogen-bond acceptors (Lipinski definition) is 4. The summed E-state index contributed by atoms with van der Waals surface area (Å²) in [6.45, 7) is 3.00. The predicted molar refractivity (Wildman–Crippen MR) is 121 cm³/mol. The van der Waals surface area contributed by atoms with E-state index in [-0.39, 0.29) is 12.6 Å². The van der Waals surface area contributed by atoms with Crippen LogP contribution in [0.4, 0.5) is 10.5 Å². The second-order valence-electron chi connectivity index (χ2n) is 8.04. The molecule has 0 spiro atoms. The second-order valence-corrected chi connectivity index (χ2v) is 10.4. The van der Waals surface area contributed by atoms with Crippen molar-refractivity contribution in [2.75, 3.05) is 18.0 Å². The summed E-state index contributed by atoms with van der Waals surface area (Å²) in [4.78, 5) is 14.5. The van der Waals surface area contributed by atoms with Crippen molar-refractivity contribution < 1.29 is 17.9 Å². The molecule has 31 heavy (non-hydrogen) atoms. The third kappa shape index (κ3) is 4.45. The molecule has 0 atom stereocenters. The Hall–Kier alpha value is -2.09. The maximum atomic E-state index is 13.1. The fraction of sp³-hybridized carbons (Fsp3) is 0.435. The molecular formula is C23H27ClN2O4S. The molecule has 0 aromatic heterocycles. The molecule has 0 N–H and O–H groups in total. The van der Waals surface area contributed by atoms with Gasteiger partial charge in [0.05, 0.1) is 10.6 Å². The number of cyclic esters (lactones) is 1. The van der Waals surface area contributed by atoms with Crippen LogP contribution < -0.4 is 4.90 Å². The van der Waals surface area contributed by atoms with Gasteiger partial charge in [-0.2, -0.15) is 4.31 Å². The van der Waals surface area contributed by atoms with Gasteiger partial charge in [-0.1, -0.05) is 43.1 Å². The molecule has 0 saturated carbocycles. The number of fused-ring (bicyclic) bond motifs is 1. The smallest absolute Gasteiger partial charge is 0.414 e. The summed E-state index contributed by atoms with van der Waals surface area (Å²) < 4.78 is 33.0. The van der Waals surface area contributed by atoms with Crippen molar-refractivity contribution in [3.05, 3.63) is 58.6 Å². The molecule has 2 aromatic carbocycles. The van der Waals surface area contributed by atoms with E-state index in [1.165, 1.54) is 4.31 Å². The van der Waals surface area contributed by atoms with Gasteiger partial charge in [0.15, 0.2) is 0 Å². The molecule has 166 valence electrons. The van der Waals surface area contributed by atoms with Gasteiger partial charge in [0.25, 0.3) is 0 Å². The molecule has 8 heteroatoms. The van der Waals surface area contributed by atoms with Gasteiger partial charge < -0.3 is 4.74 Å². The first-order valence-corrected chi connectivity index (χ1v) is 12.6. The molecule has 0 aliphatic carbocycles. The van der Waals surface area contributed by atoms with Crippen molar-refractivity contribution in [2.24, 2.45) is 0 Å². The minimum absolute atomic E-state index is 0.132. The predicted octanol–water partition coefficient (Wildman–Crippen LogP) is 4.99. The van der Waals surface area contributed by atoms with Gasteiger partial charge >= 0.3 is 6.09 Å². The van der Waals surface area contributed by atoms with Crippen molar-refractivity contribution in [3.63, 3.8) is 0 Å². The van der Waals surface area contributed by atoms with E-state index in [1.54, 1.807) is 23.1 Å². The van der Waals surface area contributed by atoms with Crippen LogP contribution in [0.2, 0.25) is 5.02 Å². The van der Waals surface area contributed by atoms with E-state index < -0.39 is 16.1 Å². The highest BCUT2D eigenvalue weighted by atomic mass is 35.5. The zero-order valence-corrected chi connectivity index (χ0v) is 19.2. The van der Waals surface area contributed by atoms with Crippen molar-refractivity contribution in [3.8, 4) is 0 Å². The van der Waals surface area contributed by atoms with E-state index in [4.69, 9.17) is 16.3 Å². The first-order valence-electron chi connectivity index (χ1n) is 10.7. The topological polar surface area (TPSA) is 66.9 Å². The number of unbranched alkanes of at least 4 members (excludes halogenated alkanes) is 1. The van der Waals surface area contributed by atoms with Crippen LogP contribution in [0, 0.1) is 0 Å². The lowest BCUT2D eigenvalue weighted by molar-refractivity contribution is 0.136. The maximum Gasteiger partial charge on any atom is 0.414 e. The number of amides is 1. The van der Waals surface area contributed by atoms with Gasteiger partial charge in [-0.15, -0.1) is 0 Å². The molecule has 1 fully saturated rings. The molecule has 0 unspecified atom stereocenters. The molecule has 0 bridgehead atoms. The Morgan fingerprint density at radius 2 is 1.81 bits per heavy atom. The lowest BCUT2D eigenvalue weighted by Crippen LogP contribution is -2.50. The van der Waals surface area contributed by atoms with Crippen LogP contribution in [0.15, 0.2) is 47.4 Å². The third-order valence-corrected chi connectivity index (χ3v) is 8.33. The number of anilines is 1. The first kappa shape index (κ1) is 22.1. The number of halogens is 1. The Bertz CT molecular complexity index is 1050. The number of carbonyl (C=O) groups excluding carboxylic acids is 1. The highest BCUT2D eigenvalue weighted by Crippen LogP contribution is 2.36. The number of piperidine rings is 1. The Kier molecular flexibility index (Phi) is 6.55. The Balaban J connectivity index is 1.46. The lowest BCUT2D eigenvalue weighted by atomic mass is 10.0. The first-order chi connectivity index (χ1) is 14.9. The van der Waals surface area contributed by atoms with E-state index in [0.717, 1.165) is 36.1 Å². The van der Waals surface area contributed by atoms with Crippen molar-refractivity contribution in [2.45, 2.75) is 56.6 Å². The SMILES string of the molecule is CCCCc1ccc(S(=O)(=O)N2CCC(N3C(=O)OCc4c(Cl)cccc43)CC2)cc1. The van der Waals surface area contributed by atoms with Crippen LogP contribution in [0.5, 0.6) is 0 Å². The number of benzene rings is 2. The summed E-state index contributed by atoms with van der Waals surface area (Å²) in [6.07, 6.45) is 3.82. The summed E-state index contributed by atoms with van der Waals surface area (Å²) in [5.41, 5.74) is 2.70. The zero-order chi connectivity index (χ0) is 22.0. The fourth-order valence-electron chi connectivity index (χ4n) is 4.26. The van der Waals surface area contributed by atoms with Crippen molar-refractivity contribution in [1.29, 1.82) is 0 Å². The van der Waals surface area contributed by atoms with E-state index in [1.807, 2.05) is 24.3 Å². The van der Waals surface area contributed by atoms with E-state index >= 15 is 0 Å². The number of sulfonamides is 1. The van der Waals surface area contributed by atoms with Crippen molar-refractivity contribution in [1.82, 2.24) is 4.31 Å². The number of carbonyl (C=O) groups is 1. The largest absolute Gasteiger partial charge is 0.444 e. The highest BCUT2D eigenvalue weighted by molar-refractivity contribution is 7.89. The molecule has 1 amide bonds. The second kappa shape index (κ2) is 9.18. The van der Waals surface area contributed by atoms with E-state index in [0.29, 0.717) is 35.8 Å². The zero-order valence-electron chi connectivity index (χ0n) is 17.6. The molecule has 4 rings (SSSR count). The van der Waals surface area contributed by atoms with E-state index in [2.05, 4.69) is 6.92 Å².